The second kappa shape index (κ2) is 6.86. The van der Waals surface area contributed by atoms with Crippen LogP contribution in [0.5, 0.6) is 0 Å². The van der Waals surface area contributed by atoms with Crippen LogP contribution in [-0.2, 0) is 4.74 Å². The topological polar surface area (TPSA) is 126 Å². The highest BCUT2D eigenvalue weighted by atomic mass is 16.6. The van der Waals surface area contributed by atoms with Crippen molar-refractivity contribution in [3.05, 3.63) is 42.0 Å². The van der Waals surface area contributed by atoms with Crippen LogP contribution >= 0.6 is 0 Å². The number of imidazole rings is 1. The smallest absolute Gasteiger partial charge is 0.167 e. The predicted octanol–water partition coefficient (Wildman–Crippen LogP) is 0.798. The first-order chi connectivity index (χ1) is 13.0. The second-order valence-corrected chi connectivity index (χ2v) is 6.70. The number of fused-ring (bicyclic) bond motifs is 1. The highest BCUT2D eigenvalue weighted by Crippen LogP contribution is 2.32. The molecular formula is C18H21N5O4. The summed E-state index contributed by atoms with van der Waals surface area (Å²) in [4.78, 5) is 12.9. The van der Waals surface area contributed by atoms with E-state index >= 15 is 0 Å². The molecule has 1 aliphatic rings. The lowest BCUT2D eigenvalue weighted by Crippen LogP contribution is -2.33. The summed E-state index contributed by atoms with van der Waals surface area (Å²) in [5.41, 5.74) is 4.18. The molecule has 0 bridgehead atoms. The molecule has 9 heteroatoms. The molecule has 1 aromatic carbocycles. The van der Waals surface area contributed by atoms with Gasteiger partial charge >= 0.3 is 0 Å². The molecule has 4 N–H and O–H groups in total. The molecular weight excluding hydrogens is 350 g/mol. The number of hydrogen-bond acceptors (Lipinski definition) is 8. The van der Waals surface area contributed by atoms with Crippen molar-refractivity contribution in [2.75, 3.05) is 11.9 Å². The van der Waals surface area contributed by atoms with Gasteiger partial charge in [0.15, 0.2) is 23.2 Å². The lowest BCUT2D eigenvalue weighted by molar-refractivity contribution is -0.0511. The van der Waals surface area contributed by atoms with Gasteiger partial charge in [-0.05, 0) is 37.1 Å². The van der Waals surface area contributed by atoms with Crippen molar-refractivity contribution in [2.24, 2.45) is 0 Å². The highest BCUT2D eigenvalue weighted by Gasteiger charge is 2.44. The number of aryl methyl sites for hydroxylation is 2. The monoisotopic (exact) mass is 371 g/mol. The third-order valence-electron chi connectivity index (χ3n) is 4.92. The summed E-state index contributed by atoms with van der Waals surface area (Å²) in [6, 6.07) is 6.00. The molecule has 0 aliphatic carbocycles. The van der Waals surface area contributed by atoms with Gasteiger partial charge in [-0.15, -0.1) is 0 Å². The maximum atomic E-state index is 10.3. The van der Waals surface area contributed by atoms with Gasteiger partial charge in [-0.1, -0.05) is 6.07 Å². The third kappa shape index (κ3) is 3.04. The largest absolute Gasteiger partial charge is 0.394 e. The minimum atomic E-state index is -1.20. The van der Waals surface area contributed by atoms with E-state index in [0.29, 0.717) is 17.0 Å². The number of nitrogens with zero attached hydrogens (tertiary/aromatic N) is 4. The summed E-state index contributed by atoms with van der Waals surface area (Å²) in [7, 11) is 0. The number of anilines is 2. The number of ether oxygens (including phenoxy) is 1. The molecule has 0 spiro atoms. The maximum Gasteiger partial charge on any atom is 0.167 e. The first-order valence-corrected chi connectivity index (χ1v) is 8.64. The van der Waals surface area contributed by atoms with E-state index in [2.05, 4.69) is 20.3 Å². The predicted molar refractivity (Wildman–Crippen MR) is 97.5 cm³/mol. The molecule has 9 nitrogen and oxygen atoms in total. The van der Waals surface area contributed by atoms with E-state index in [9.17, 15) is 15.3 Å². The molecule has 3 heterocycles. The van der Waals surface area contributed by atoms with Crippen LogP contribution in [0.2, 0.25) is 0 Å². The number of aliphatic hydroxyl groups excluding tert-OH is 3. The van der Waals surface area contributed by atoms with E-state index in [1.165, 1.54) is 22.8 Å². The Morgan fingerprint density at radius 2 is 1.93 bits per heavy atom. The molecule has 27 heavy (non-hydrogen) atoms. The van der Waals surface area contributed by atoms with Gasteiger partial charge in [0.05, 0.1) is 12.9 Å². The molecule has 0 amide bonds. The van der Waals surface area contributed by atoms with Crippen LogP contribution in [0.25, 0.3) is 11.2 Å². The molecule has 142 valence electrons. The van der Waals surface area contributed by atoms with Crippen molar-refractivity contribution < 1.29 is 20.1 Å². The fourth-order valence-corrected chi connectivity index (χ4v) is 3.20. The van der Waals surface area contributed by atoms with Gasteiger partial charge < -0.3 is 25.4 Å². The normalized spacial score (nSPS) is 25.2. The van der Waals surface area contributed by atoms with Crippen molar-refractivity contribution in [3.63, 3.8) is 0 Å². The zero-order chi connectivity index (χ0) is 19.1. The first-order valence-electron chi connectivity index (χ1n) is 8.64. The molecule has 0 saturated carbocycles. The zero-order valence-corrected chi connectivity index (χ0v) is 14.9. The molecule has 4 atom stereocenters. The van der Waals surface area contributed by atoms with Crippen molar-refractivity contribution in [2.45, 2.75) is 38.4 Å². The Balaban J connectivity index is 1.69. The average molecular weight is 371 g/mol. The van der Waals surface area contributed by atoms with Crippen molar-refractivity contribution in [1.29, 1.82) is 0 Å². The van der Waals surface area contributed by atoms with Crippen LogP contribution in [0.3, 0.4) is 0 Å². The van der Waals surface area contributed by atoms with Gasteiger partial charge in [0.25, 0.3) is 0 Å². The molecule has 4 rings (SSSR count). The van der Waals surface area contributed by atoms with E-state index in [0.717, 1.165) is 11.3 Å². The van der Waals surface area contributed by atoms with Crippen molar-refractivity contribution >= 4 is 22.7 Å². The Kier molecular flexibility index (Phi) is 4.52. The summed E-state index contributed by atoms with van der Waals surface area (Å²) in [5, 5.41) is 32.8. The lowest BCUT2D eigenvalue weighted by Gasteiger charge is -2.16. The second-order valence-electron chi connectivity index (χ2n) is 6.70. The first kappa shape index (κ1) is 17.8. The summed E-state index contributed by atoms with van der Waals surface area (Å²) in [6.07, 6.45) is -1.28. The number of hydrogen-bond donors (Lipinski definition) is 4. The van der Waals surface area contributed by atoms with E-state index in [1.54, 1.807) is 0 Å². The summed E-state index contributed by atoms with van der Waals surface area (Å²) >= 11 is 0. The van der Waals surface area contributed by atoms with Crippen LogP contribution in [0.1, 0.15) is 17.4 Å². The number of rotatable bonds is 4. The summed E-state index contributed by atoms with van der Waals surface area (Å²) in [5.74, 6) is 0.522. The van der Waals surface area contributed by atoms with Crippen LogP contribution in [0, 0.1) is 13.8 Å². The van der Waals surface area contributed by atoms with E-state index in [4.69, 9.17) is 4.74 Å². The highest BCUT2D eigenvalue weighted by molar-refractivity contribution is 5.85. The Morgan fingerprint density at radius 1 is 1.11 bits per heavy atom. The third-order valence-corrected chi connectivity index (χ3v) is 4.92. The van der Waals surface area contributed by atoms with E-state index in [1.807, 2.05) is 32.0 Å². The van der Waals surface area contributed by atoms with Gasteiger partial charge in [0, 0.05) is 5.69 Å². The van der Waals surface area contributed by atoms with Gasteiger partial charge in [-0.2, -0.15) is 0 Å². The summed E-state index contributed by atoms with van der Waals surface area (Å²) < 4.78 is 7.10. The van der Waals surface area contributed by atoms with Gasteiger partial charge in [-0.25, -0.2) is 15.0 Å². The minimum absolute atomic E-state index is 0.393. The zero-order valence-electron chi connectivity index (χ0n) is 14.9. The molecule has 1 fully saturated rings. The summed E-state index contributed by atoms with van der Waals surface area (Å²) in [6.45, 7) is 3.69. The SMILES string of the molecule is Cc1ccc(Nc2ncnc3c2ncn3C2O[C@H](CO)[C@@H](O)[C@H]2O)cc1C. The van der Waals surface area contributed by atoms with Crippen molar-refractivity contribution in [1.82, 2.24) is 19.5 Å². The molecule has 1 saturated heterocycles. The van der Waals surface area contributed by atoms with Crippen LogP contribution < -0.4 is 5.32 Å². The minimum Gasteiger partial charge on any atom is -0.394 e. The van der Waals surface area contributed by atoms with Gasteiger partial charge in [-0.3, -0.25) is 4.57 Å². The molecule has 2 aromatic heterocycles. The number of nitrogens with one attached hydrogen (secondary N) is 1. The van der Waals surface area contributed by atoms with Gasteiger partial charge in [0.1, 0.15) is 24.6 Å². The maximum absolute atomic E-state index is 10.3. The van der Waals surface area contributed by atoms with Gasteiger partial charge in [0.2, 0.25) is 0 Å². The average Bonchev–Trinajstić information content (AvgIpc) is 3.21. The number of aliphatic hydroxyl groups is 3. The number of benzene rings is 1. The van der Waals surface area contributed by atoms with Crippen molar-refractivity contribution in [3.8, 4) is 0 Å². The number of aromatic nitrogens is 4. The molecule has 1 unspecified atom stereocenters. The fourth-order valence-electron chi connectivity index (χ4n) is 3.20. The lowest BCUT2D eigenvalue weighted by atomic mass is 10.1. The standard InChI is InChI=1S/C18H21N5O4/c1-9-3-4-11(5-10(9)2)22-16-13-17(20-7-19-16)23(8-21-13)18-15(26)14(25)12(6-24)27-18/h3-5,7-8,12,14-15,18,24-26H,6H2,1-2H3,(H,19,20,22)/t12-,14-,15-,18?/m1/s1. The Morgan fingerprint density at radius 3 is 2.63 bits per heavy atom. The van der Waals surface area contributed by atoms with Crippen LogP contribution in [0.4, 0.5) is 11.5 Å². The molecule has 1 aliphatic heterocycles. The Labute approximate surface area is 155 Å². The van der Waals surface area contributed by atoms with E-state index < -0.39 is 31.1 Å². The van der Waals surface area contributed by atoms with E-state index in [-0.39, 0.29) is 0 Å². The Bertz CT molecular complexity index is 976. The Hall–Kier alpha value is -2.59. The van der Waals surface area contributed by atoms with Crippen LogP contribution in [0.15, 0.2) is 30.9 Å². The molecule has 0 radical (unpaired) electrons. The van der Waals surface area contributed by atoms with Crippen LogP contribution in [-0.4, -0.2) is 59.8 Å². The fraction of sp³-hybridized carbons (Fsp3) is 0.389. The molecule has 3 aromatic rings. The quantitative estimate of drug-likeness (QED) is 0.531.